The molecule has 1 heterocycles. The van der Waals surface area contributed by atoms with Crippen LogP contribution in [0.25, 0.3) is 10.9 Å². The summed E-state index contributed by atoms with van der Waals surface area (Å²) in [7, 11) is 0. The van der Waals surface area contributed by atoms with Crippen LogP contribution in [-0.2, 0) is 16.1 Å². The van der Waals surface area contributed by atoms with Gasteiger partial charge in [-0.05, 0) is 25.0 Å². The van der Waals surface area contributed by atoms with Crippen LogP contribution in [0.2, 0.25) is 0 Å². The van der Waals surface area contributed by atoms with Gasteiger partial charge in [-0.2, -0.15) is 5.10 Å². The van der Waals surface area contributed by atoms with E-state index in [-0.39, 0.29) is 17.7 Å². The number of H-pyrrole nitrogens is 1. The van der Waals surface area contributed by atoms with E-state index in [0.717, 1.165) is 22.2 Å². The van der Waals surface area contributed by atoms with Crippen molar-refractivity contribution < 1.29 is 9.59 Å². The first-order chi connectivity index (χ1) is 10.4. The van der Waals surface area contributed by atoms with Gasteiger partial charge in [-0.15, -0.1) is 0 Å². The third kappa shape index (κ3) is 3.63. The molecule has 118 valence electrons. The Kier molecular flexibility index (Phi) is 4.80. The summed E-state index contributed by atoms with van der Waals surface area (Å²) in [6.07, 6.45) is 0. The van der Waals surface area contributed by atoms with Crippen LogP contribution in [0.15, 0.2) is 18.2 Å². The Labute approximate surface area is 129 Å². The van der Waals surface area contributed by atoms with E-state index < -0.39 is 6.04 Å². The van der Waals surface area contributed by atoms with Crippen molar-refractivity contribution in [3.63, 3.8) is 0 Å². The van der Waals surface area contributed by atoms with Gasteiger partial charge in [0.05, 0.1) is 17.8 Å². The van der Waals surface area contributed by atoms with E-state index in [4.69, 9.17) is 0 Å². The molecular formula is C16H22N4O2. The van der Waals surface area contributed by atoms with Crippen LogP contribution < -0.4 is 10.6 Å². The highest BCUT2D eigenvalue weighted by atomic mass is 16.2. The highest BCUT2D eigenvalue weighted by Gasteiger charge is 2.22. The number of carbonyl (C=O) groups excluding carboxylic acids is 2. The van der Waals surface area contributed by atoms with E-state index in [1.165, 1.54) is 6.92 Å². The van der Waals surface area contributed by atoms with Gasteiger partial charge in [-0.25, -0.2) is 0 Å². The van der Waals surface area contributed by atoms with Crippen LogP contribution in [0.4, 0.5) is 0 Å². The summed E-state index contributed by atoms with van der Waals surface area (Å²) in [5.74, 6) is -0.387. The molecule has 0 radical (unpaired) electrons. The Balaban J connectivity index is 2.08. The molecule has 0 unspecified atom stereocenters. The van der Waals surface area contributed by atoms with Crippen LogP contribution in [0.5, 0.6) is 0 Å². The molecule has 3 N–H and O–H groups in total. The van der Waals surface area contributed by atoms with E-state index >= 15 is 0 Å². The zero-order valence-electron chi connectivity index (χ0n) is 13.4. The Hall–Kier alpha value is -2.37. The van der Waals surface area contributed by atoms with Gasteiger partial charge in [0.25, 0.3) is 0 Å². The Bertz CT molecular complexity index is 691. The van der Waals surface area contributed by atoms with Crippen molar-refractivity contribution in [2.24, 2.45) is 5.92 Å². The summed E-state index contributed by atoms with van der Waals surface area (Å²) in [5, 5.41) is 13.7. The van der Waals surface area contributed by atoms with E-state index in [0.29, 0.717) is 6.54 Å². The van der Waals surface area contributed by atoms with Gasteiger partial charge < -0.3 is 10.6 Å². The van der Waals surface area contributed by atoms with Crippen LogP contribution >= 0.6 is 0 Å². The minimum Gasteiger partial charge on any atom is -0.349 e. The fourth-order valence-electron chi connectivity index (χ4n) is 2.35. The molecule has 2 aromatic rings. The molecule has 6 nitrogen and oxygen atoms in total. The van der Waals surface area contributed by atoms with Crippen LogP contribution in [0.1, 0.15) is 32.0 Å². The van der Waals surface area contributed by atoms with Gasteiger partial charge in [-0.3, -0.25) is 14.7 Å². The molecule has 6 heteroatoms. The van der Waals surface area contributed by atoms with E-state index in [1.807, 2.05) is 39.0 Å². The number of nitrogens with zero attached hydrogens (tertiary/aromatic N) is 1. The molecular weight excluding hydrogens is 280 g/mol. The molecule has 1 aromatic heterocycles. The minimum atomic E-state index is -0.534. The van der Waals surface area contributed by atoms with Gasteiger partial charge in [-0.1, -0.05) is 25.5 Å². The minimum absolute atomic E-state index is 0.0182. The SMILES string of the molecule is CC(=O)N[C@@H](C(=O)NCc1[nH]nc2ccc(C)cc12)C(C)C. The van der Waals surface area contributed by atoms with Crippen molar-refractivity contribution in [3.8, 4) is 0 Å². The lowest BCUT2D eigenvalue weighted by atomic mass is 10.0. The van der Waals surface area contributed by atoms with Crippen LogP contribution in [0, 0.1) is 12.8 Å². The number of nitrogens with one attached hydrogen (secondary N) is 3. The largest absolute Gasteiger partial charge is 0.349 e. The molecule has 0 bridgehead atoms. The van der Waals surface area contributed by atoms with Crippen LogP contribution in [-0.4, -0.2) is 28.1 Å². The molecule has 0 aliphatic heterocycles. The second-order valence-corrected chi connectivity index (χ2v) is 5.86. The summed E-state index contributed by atoms with van der Waals surface area (Å²) >= 11 is 0. The zero-order valence-corrected chi connectivity index (χ0v) is 13.4. The molecule has 2 amide bonds. The average molecular weight is 302 g/mol. The third-order valence-electron chi connectivity index (χ3n) is 3.54. The smallest absolute Gasteiger partial charge is 0.243 e. The molecule has 0 aliphatic carbocycles. The molecule has 0 saturated carbocycles. The quantitative estimate of drug-likeness (QED) is 0.785. The maximum Gasteiger partial charge on any atom is 0.243 e. The maximum atomic E-state index is 12.3. The summed E-state index contributed by atoms with van der Waals surface area (Å²) in [6.45, 7) is 7.57. The fourth-order valence-corrected chi connectivity index (χ4v) is 2.35. The Morgan fingerprint density at radius 2 is 2.05 bits per heavy atom. The van der Waals surface area contributed by atoms with Crippen molar-refractivity contribution in [2.45, 2.75) is 40.3 Å². The summed E-state index contributed by atoms with van der Waals surface area (Å²) in [4.78, 5) is 23.5. The number of hydrogen-bond acceptors (Lipinski definition) is 3. The first-order valence-corrected chi connectivity index (χ1v) is 7.37. The first kappa shape index (κ1) is 16.0. The van der Waals surface area contributed by atoms with E-state index in [9.17, 15) is 9.59 Å². The van der Waals surface area contributed by atoms with Gasteiger partial charge in [0.1, 0.15) is 6.04 Å². The van der Waals surface area contributed by atoms with Crippen molar-refractivity contribution in [1.82, 2.24) is 20.8 Å². The maximum absolute atomic E-state index is 12.3. The lowest BCUT2D eigenvalue weighted by Crippen LogP contribution is -2.48. The predicted molar refractivity (Wildman–Crippen MR) is 85.1 cm³/mol. The second kappa shape index (κ2) is 6.60. The number of aromatic amines is 1. The number of amides is 2. The van der Waals surface area contributed by atoms with Gasteiger partial charge in [0.2, 0.25) is 11.8 Å². The first-order valence-electron chi connectivity index (χ1n) is 7.37. The molecule has 0 spiro atoms. The fraction of sp³-hybridized carbons (Fsp3) is 0.438. The van der Waals surface area contributed by atoms with E-state index in [1.54, 1.807) is 0 Å². The molecule has 1 aromatic carbocycles. The number of benzene rings is 1. The molecule has 2 rings (SSSR count). The topological polar surface area (TPSA) is 86.9 Å². The summed E-state index contributed by atoms with van der Waals surface area (Å²) in [5.41, 5.74) is 2.87. The van der Waals surface area contributed by atoms with Crippen molar-refractivity contribution in [3.05, 3.63) is 29.5 Å². The third-order valence-corrected chi connectivity index (χ3v) is 3.54. The lowest BCUT2D eigenvalue weighted by Gasteiger charge is -2.20. The highest BCUT2D eigenvalue weighted by Crippen LogP contribution is 2.17. The van der Waals surface area contributed by atoms with Crippen LogP contribution in [0.3, 0.4) is 0 Å². The molecule has 0 saturated heterocycles. The summed E-state index contributed by atoms with van der Waals surface area (Å²) < 4.78 is 0. The Morgan fingerprint density at radius 1 is 1.32 bits per heavy atom. The number of carbonyl (C=O) groups is 2. The number of aryl methyl sites for hydroxylation is 1. The number of rotatable bonds is 5. The van der Waals surface area contributed by atoms with Gasteiger partial charge in [0.15, 0.2) is 0 Å². The lowest BCUT2D eigenvalue weighted by molar-refractivity contribution is -0.129. The number of hydrogen-bond donors (Lipinski definition) is 3. The Morgan fingerprint density at radius 3 is 2.68 bits per heavy atom. The predicted octanol–water partition coefficient (Wildman–Crippen LogP) is 1.65. The van der Waals surface area contributed by atoms with Gasteiger partial charge in [0, 0.05) is 12.3 Å². The molecule has 0 aliphatic rings. The summed E-state index contributed by atoms with van der Waals surface area (Å²) in [6, 6.07) is 5.44. The molecule has 1 atom stereocenters. The van der Waals surface area contributed by atoms with Crippen molar-refractivity contribution in [2.75, 3.05) is 0 Å². The monoisotopic (exact) mass is 302 g/mol. The van der Waals surface area contributed by atoms with Crippen molar-refractivity contribution in [1.29, 1.82) is 0 Å². The zero-order chi connectivity index (χ0) is 16.3. The number of fused-ring (bicyclic) bond motifs is 1. The number of aromatic nitrogens is 2. The highest BCUT2D eigenvalue weighted by molar-refractivity contribution is 5.87. The normalized spacial score (nSPS) is 12.4. The molecule has 22 heavy (non-hydrogen) atoms. The van der Waals surface area contributed by atoms with E-state index in [2.05, 4.69) is 20.8 Å². The second-order valence-electron chi connectivity index (χ2n) is 5.86. The molecule has 0 fully saturated rings. The van der Waals surface area contributed by atoms with Crippen molar-refractivity contribution >= 4 is 22.7 Å². The van der Waals surface area contributed by atoms with Gasteiger partial charge >= 0.3 is 0 Å². The standard InChI is InChI=1S/C16H22N4O2/c1-9(2)15(18-11(4)21)16(22)17-8-14-12-7-10(3)5-6-13(12)19-20-14/h5-7,9,15H,8H2,1-4H3,(H,17,22)(H,18,21)(H,19,20)/t15-/m1/s1. The average Bonchev–Trinajstić information content (AvgIpc) is 2.84.